The lowest BCUT2D eigenvalue weighted by Crippen LogP contribution is -2.30. The highest BCUT2D eigenvalue weighted by atomic mass is 16.6. The van der Waals surface area contributed by atoms with Crippen molar-refractivity contribution in [2.45, 2.75) is 18.4 Å². The first-order valence-electron chi connectivity index (χ1n) is 8.54. The number of fused-ring (bicyclic) bond motifs is 3. The van der Waals surface area contributed by atoms with Gasteiger partial charge < -0.3 is 10.1 Å². The number of allylic oxidation sites excluding steroid dienone is 2. The largest absolute Gasteiger partial charge is 0.495 e. The Morgan fingerprint density at radius 2 is 1.81 bits per heavy atom. The fraction of sp³-hybridized carbons (Fsp3) is 0.263. The van der Waals surface area contributed by atoms with Crippen LogP contribution in [0.1, 0.15) is 29.5 Å². The number of hydrogen-bond acceptors (Lipinski definition) is 6. The molecule has 1 heterocycles. The summed E-state index contributed by atoms with van der Waals surface area (Å²) in [5.74, 6) is 0.226. The lowest BCUT2D eigenvalue weighted by atomic mass is 9.76. The monoisotopic (exact) mass is 367 g/mol. The molecule has 1 aliphatic carbocycles. The first kappa shape index (κ1) is 17.0. The molecule has 1 N–H and O–H groups in total. The van der Waals surface area contributed by atoms with E-state index in [0.717, 1.165) is 0 Å². The molecule has 0 spiro atoms. The van der Waals surface area contributed by atoms with Crippen LogP contribution in [-0.2, 0) is 0 Å². The number of rotatable bonds is 4. The maximum absolute atomic E-state index is 11.6. The lowest BCUT2D eigenvalue weighted by Gasteiger charge is -2.37. The summed E-state index contributed by atoms with van der Waals surface area (Å²) in [5, 5.41) is 26.4. The van der Waals surface area contributed by atoms with Gasteiger partial charge in [0.15, 0.2) is 0 Å². The van der Waals surface area contributed by atoms with Crippen molar-refractivity contribution >= 4 is 17.1 Å². The van der Waals surface area contributed by atoms with Crippen LogP contribution in [-0.4, -0.2) is 17.0 Å². The van der Waals surface area contributed by atoms with Gasteiger partial charge in [0.05, 0.1) is 39.8 Å². The highest BCUT2D eigenvalue weighted by Crippen LogP contribution is 2.55. The number of ether oxygens (including phenoxy) is 1. The fourth-order valence-electron chi connectivity index (χ4n) is 4.22. The Labute approximate surface area is 154 Å². The summed E-state index contributed by atoms with van der Waals surface area (Å²) in [6, 6.07) is 9.27. The lowest BCUT2D eigenvalue weighted by molar-refractivity contribution is -0.386. The average molecular weight is 367 g/mol. The number of nitro benzene ring substituents is 2. The van der Waals surface area contributed by atoms with Gasteiger partial charge in [-0.15, -0.1) is 0 Å². The van der Waals surface area contributed by atoms with E-state index >= 15 is 0 Å². The Hall–Kier alpha value is -3.42. The summed E-state index contributed by atoms with van der Waals surface area (Å²) in [4.78, 5) is 22.3. The van der Waals surface area contributed by atoms with Gasteiger partial charge in [0, 0.05) is 18.1 Å². The van der Waals surface area contributed by atoms with Crippen molar-refractivity contribution in [2.24, 2.45) is 5.92 Å². The number of methoxy groups -OCH3 is 1. The molecular formula is C19H17N3O5. The van der Waals surface area contributed by atoms with E-state index in [0.29, 0.717) is 29.0 Å². The van der Waals surface area contributed by atoms with E-state index in [2.05, 4.69) is 5.32 Å². The van der Waals surface area contributed by atoms with Crippen LogP contribution in [0.2, 0.25) is 0 Å². The minimum Gasteiger partial charge on any atom is -0.495 e. The summed E-state index contributed by atoms with van der Waals surface area (Å²) in [6.07, 6.45) is 4.62. The molecule has 0 unspecified atom stereocenters. The Bertz CT molecular complexity index is 972. The third kappa shape index (κ3) is 2.61. The third-order valence-electron chi connectivity index (χ3n) is 5.34. The van der Waals surface area contributed by atoms with Gasteiger partial charge >= 0.3 is 0 Å². The van der Waals surface area contributed by atoms with Crippen LogP contribution in [0.15, 0.2) is 48.6 Å². The molecule has 2 aromatic rings. The topological polar surface area (TPSA) is 108 Å². The van der Waals surface area contributed by atoms with Crippen molar-refractivity contribution in [3.05, 3.63) is 79.9 Å². The van der Waals surface area contributed by atoms with Crippen molar-refractivity contribution in [1.82, 2.24) is 0 Å². The minimum atomic E-state index is -0.394. The zero-order valence-corrected chi connectivity index (χ0v) is 14.5. The molecule has 2 aromatic carbocycles. The number of hydrogen-bond donors (Lipinski definition) is 1. The Morgan fingerprint density at radius 1 is 1.07 bits per heavy atom. The van der Waals surface area contributed by atoms with Crippen molar-refractivity contribution in [2.75, 3.05) is 12.4 Å². The molecule has 8 nitrogen and oxygen atoms in total. The standard InChI is InChI=1S/C19H17N3O5/c1-27-16-10-9-15(22(25)26)17-11-6-4-7-12(11)18(20-19(16)17)13-5-2-3-8-14(13)21(23)24/h2-6,8-12,18,20H,7H2,1H3/t11-,12+,18-/m0/s1. The van der Waals surface area contributed by atoms with E-state index in [-0.39, 0.29) is 29.3 Å². The van der Waals surface area contributed by atoms with Crippen molar-refractivity contribution in [1.29, 1.82) is 0 Å². The van der Waals surface area contributed by atoms with Crippen LogP contribution in [0.3, 0.4) is 0 Å². The van der Waals surface area contributed by atoms with Crippen molar-refractivity contribution in [3.63, 3.8) is 0 Å². The molecule has 0 bridgehead atoms. The molecule has 0 aromatic heterocycles. The first-order valence-corrected chi connectivity index (χ1v) is 8.54. The van der Waals surface area contributed by atoms with E-state index < -0.39 is 9.85 Å². The van der Waals surface area contributed by atoms with E-state index in [4.69, 9.17) is 4.74 Å². The van der Waals surface area contributed by atoms with Gasteiger partial charge in [0.2, 0.25) is 0 Å². The van der Waals surface area contributed by atoms with Gasteiger partial charge in [-0.2, -0.15) is 0 Å². The predicted molar refractivity (Wildman–Crippen MR) is 99.1 cm³/mol. The number of para-hydroxylation sites is 1. The molecule has 4 rings (SSSR count). The summed E-state index contributed by atoms with van der Waals surface area (Å²) in [5.41, 5.74) is 1.74. The molecule has 0 fully saturated rings. The number of anilines is 1. The van der Waals surface area contributed by atoms with E-state index in [1.807, 2.05) is 12.2 Å². The molecule has 2 aliphatic rings. The summed E-state index contributed by atoms with van der Waals surface area (Å²) in [6.45, 7) is 0. The van der Waals surface area contributed by atoms with Gasteiger partial charge in [0.25, 0.3) is 11.4 Å². The predicted octanol–water partition coefficient (Wildman–Crippen LogP) is 4.34. The van der Waals surface area contributed by atoms with Crippen LogP contribution in [0.25, 0.3) is 0 Å². The highest BCUT2D eigenvalue weighted by molar-refractivity contribution is 5.74. The Morgan fingerprint density at radius 3 is 2.52 bits per heavy atom. The number of nitro groups is 2. The fourth-order valence-corrected chi connectivity index (χ4v) is 4.22. The molecule has 0 saturated heterocycles. The smallest absolute Gasteiger partial charge is 0.275 e. The zero-order chi connectivity index (χ0) is 19.1. The van der Waals surface area contributed by atoms with Crippen LogP contribution >= 0.6 is 0 Å². The zero-order valence-electron chi connectivity index (χ0n) is 14.5. The second-order valence-electron chi connectivity index (χ2n) is 6.62. The molecule has 138 valence electrons. The van der Waals surface area contributed by atoms with E-state index in [9.17, 15) is 20.2 Å². The minimum absolute atomic E-state index is 0.0286. The quantitative estimate of drug-likeness (QED) is 0.489. The van der Waals surface area contributed by atoms with Crippen LogP contribution < -0.4 is 10.1 Å². The highest BCUT2D eigenvalue weighted by Gasteiger charge is 2.44. The first-order chi connectivity index (χ1) is 13.0. The van der Waals surface area contributed by atoms with Gasteiger partial charge in [-0.05, 0) is 18.4 Å². The molecule has 0 amide bonds. The summed E-state index contributed by atoms with van der Waals surface area (Å²) in [7, 11) is 1.50. The van der Waals surface area contributed by atoms with Gasteiger partial charge in [0.1, 0.15) is 5.75 Å². The summed E-state index contributed by atoms with van der Waals surface area (Å²) >= 11 is 0. The van der Waals surface area contributed by atoms with Gasteiger partial charge in [-0.25, -0.2) is 0 Å². The van der Waals surface area contributed by atoms with Crippen molar-refractivity contribution in [3.8, 4) is 5.75 Å². The third-order valence-corrected chi connectivity index (χ3v) is 5.34. The van der Waals surface area contributed by atoms with Gasteiger partial charge in [-0.3, -0.25) is 20.2 Å². The normalized spacial score (nSPS) is 22.5. The summed E-state index contributed by atoms with van der Waals surface area (Å²) < 4.78 is 5.41. The molecule has 3 atom stereocenters. The molecular weight excluding hydrogens is 350 g/mol. The SMILES string of the molecule is COc1ccc([N+](=O)[O-])c2c1N[C@H](c1ccccc1[N+](=O)[O-])[C@@H]1CC=C[C@H]21. The average Bonchev–Trinajstić information content (AvgIpc) is 3.16. The number of nitrogens with zero attached hydrogens (tertiary/aromatic N) is 2. The Kier molecular flexibility index (Phi) is 4.02. The molecule has 1 aliphatic heterocycles. The second kappa shape index (κ2) is 6.39. The Balaban J connectivity index is 1.92. The van der Waals surface area contributed by atoms with Gasteiger partial charge in [-0.1, -0.05) is 30.4 Å². The molecule has 8 heteroatoms. The molecule has 0 saturated carbocycles. The number of nitrogens with one attached hydrogen (secondary N) is 1. The second-order valence-corrected chi connectivity index (χ2v) is 6.62. The maximum Gasteiger partial charge on any atom is 0.275 e. The maximum atomic E-state index is 11.6. The van der Waals surface area contributed by atoms with Crippen LogP contribution in [0, 0.1) is 26.1 Å². The van der Waals surface area contributed by atoms with E-state index in [1.54, 1.807) is 24.3 Å². The van der Waals surface area contributed by atoms with Crippen LogP contribution in [0.4, 0.5) is 17.1 Å². The van der Waals surface area contributed by atoms with E-state index in [1.165, 1.54) is 19.2 Å². The number of benzene rings is 2. The molecule has 0 radical (unpaired) electrons. The van der Waals surface area contributed by atoms with Crippen molar-refractivity contribution < 1.29 is 14.6 Å². The van der Waals surface area contributed by atoms with Crippen LogP contribution in [0.5, 0.6) is 5.75 Å². The molecule has 27 heavy (non-hydrogen) atoms.